The smallest absolute Gasteiger partial charge is 0.250 e. The number of nitrogens with zero attached hydrogens (tertiary/aromatic N) is 2. The topological polar surface area (TPSA) is 46.4 Å². The summed E-state index contributed by atoms with van der Waals surface area (Å²) >= 11 is 3.04. The van der Waals surface area contributed by atoms with Gasteiger partial charge in [0, 0.05) is 7.05 Å². The SMILES string of the molecule is CSCC(=O)NN=c1sc2ccccc2n1C. The minimum atomic E-state index is -0.0741. The quantitative estimate of drug-likeness (QED) is 0.857. The Labute approximate surface area is 107 Å². The van der Waals surface area contributed by atoms with Crippen molar-refractivity contribution in [2.24, 2.45) is 12.1 Å². The first-order chi connectivity index (χ1) is 8.22. The molecule has 2 rings (SSSR count). The molecule has 0 saturated carbocycles. The Morgan fingerprint density at radius 3 is 3.00 bits per heavy atom. The Kier molecular flexibility index (Phi) is 3.86. The van der Waals surface area contributed by atoms with E-state index < -0.39 is 0 Å². The van der Waals surface area contributed by atoms with E-state index in [1.165, 1.54) is 11.8 Å². The van der Waals surface area contributed by atoms with Crippen molar-refractivity contribution in [3.63, 3.8) is 0 Å². The molecule has 0 fully saturated rings. The number of aryl methyl sites for hydroxylation is 1. The van der Waals surface area contributed by atoms with Crippen LogP contribution < -0.4 is 10.2 Å². The predicted molar refractivity (Wildman–Crippen MR) is 72.9 cm³/mol. The van der Waals surface area contributed by atoms with Gasteiger partial charge in [-0.2, -0.15) is 11.8 Å². The molecule has 1 N–H and O–H groups in total. The molecule has 1 aromatic carbocycles. The maximum absolute atomic E-state index is 11.3. The van der Waals surface area contributed by atoms with Crippen molar-refractivity contribution < 1.29 is 4.79 Å². The van der Waals surface area contributed by atoms with Crippen molar-refractivity contribution >= 4 is 39.2 Å². The highest BCUT2D eigenvalue weighted by molar-refractivity contribution is 7.99. The molecule has 0 aliphatic carbocycles. The molecule has 0 bridgehead atoms. The number of hydrogen-bond donors (Lipinski definition) is 1. The highest BCUT2D eigenvalue weighted by Gasteiger charge is 2.02. The second kappa shape index (κ2) is 5.37. The normalized spacial score (nSPS) is 12.0. The van der Waals surface area contributed by atoms with Gasteiger partial charge in [-0.1, -0.05) is 23.5 Å². The van der Waals surface area contributed by atoms with E-state index in [1.807, 2.05) is 42.1 Å². The van der Waals surface area contributed by atoms with Gasteiger partial charge in [0.25, 0.3) is 0 Å². The van der Waals surface area contributed by atoms with Crippen LogP contribution in [0.2, 0.25) is 0 Å². The van der Waals surface area contributed by atoms with E-state index >= 15 is 0 Å². The zero-order valence-corrected chi connectivity index (χ0v) is 11.3. The van der Waals surface area contributed by atoms with E-state index in [4.69, 9.17) is 0 Å². The van der Waals surface area contributed by atoms with E-state index in [1.54, 1.807) is 11.3 Å². The molecule has 6 heteroatoms. The lowest BCUT2D eigenvalue weighted by Gasteiger charge is -1.96. The third-order valence-electron chi connectivity index (χ3n) is 2.27. The number of thioether (sulfide) groups is 1. The molecule has 0 radical (unpaired) electrons. The largest absolute Gasteiger partial charge is 0.318 e. The van der Waals surface area contributed by atoms with Gasteiger partial charge in [0.2, 0.25) is 10.7 Å². The predicted octanol–water partition coefficient (Wildman–Crippen LogP) is 1.53. The first kappa shape index (κ1) is 12.2. The van der Waals surface area contributed by atoms with Crippen LogP contribution in [0.1, 0.15) is 0 Å². The second-order valence-corrected chi connectivity index (χ2v) is 5.37. The van der Waals surface area contributed by atoms with E-state index in [-0.39, 0.29) is 5.91 Å². The summed E-state index contributed by atoms with van der Waals surface area (Å²) in [6.07, 6.45) is 1.89. The summed E-state index contributed by atoms with van der Waals surface area (Å²) in [5.41, 5.74) is 3.68. The average molecular weight is 267 g/mol. The average Bonchev–Trinajstić information content (AvgIpc) is 2.65. The van der Waals surface area contributed by atoms with Gasteiger partial charge >= 0.3 is 0 Å². The lowest BCUT2D eigenvalue weighted by molar-refractivity contribution is -0.118. The molecule has 1 amide bonds. The number of rotatable bonds is 3. The number of benzene rings is 1. The van der Waals surface area contributed by atoms with Crippen LogP contribution >= 0.6 is 23.1 Å². The number of amides is 1. The first-order valence-corrected chi connectivity index (χ1v) is 7.29. The molecule has 2 aromatic rings. The van der Waals surface area contributed by atoms with Gasteiger partial charge in [0.15, 0.2) is 0 Å². The Morgan fingerprint density at radius 1 is 1.53 bits per heavy atom. The summed E-state index contributed by atoms with van der Waals surface area (Å²) in [4.78, 5) is 12.1. The van der Waals surface area contributed by atoms with E-state index in [2.05, 4.69) is 10.5 Å². The molecule has 0 spiro atoms. The van der Waals surface area contributed by atoms with Crippen molar-refractivity contribution in [3.05, 3.63) is 29.1 Å². The Morgan fingerprint density at radius 2 is 2.29 bits per heavy atom. The number of carbonyl (C=O) groups excluding carboxylic acids is 1. The fourth-order valence-electron chi connectivity index (χ4n) is 1.46. The number of hydrogen-bond acceptors (Lipinski definition) is 4. The fourth-order valence-corrected chi connectivity index (χ4v) is 2.77. The first-order valence-electron chi connectivity index (χ1n) is 5.08. The van der Waals surface area contributed by atoms with E-state index in [0.29, 0.717) is 5.75 Å². The fraction of sp³-hybridized carbons (Fsp3) is 0.273. The van der Waals surface area contributed by atoms with E-state index in [9.17, 15) is 4.79 Å². The highest BCUT2D eigenvalue weighted by Crippen LogP contribution is 2.14. The van der Waals surface area contributed by atoms with Gasteiger partial charge in [-0.25, -0.2) is 5.43 Å². The third-order valence-corrected chi connectivity index (χ3v) is 3.93. The number of para-hydroxylation sites is 1. The van der Waals surface area contributed by atoms with Gasteiger partial charge in [-0.05, 0) is 18.4 Å². The van der Waals surface area contributed by atoms with Crippen LogP contribution in [0.3, 0.4) is 0 Å². The molecule has 0 aliphatic rings. The summed E-state index contributed by atoms with van der Waals surface area (Å²) in [5.74, 6) is 0.355. The van der Waals surface area contributed by atoms with Crippen LogP contribution in [-0.4, -0.2) is 22.5 Å². The summed E-state index contributed by atoms with van der Waals surface area (Å²) < 4.78 is 3.13. The maximum atomic E-state index is 11.3. The monoisotopic (exact) mass is 267 g/mol. The van der Waals surface area contributed by atoms with Crippen LogP contribution in [0, 0.1) is 0 Å². The third kappa shape index (κ3) is 2.70. The molecule has 1 aromatic heterocycles. The van der Waals surface area contributed by atoms with Crippen molar-refractivity contribution in [2.75, 3.05) is 12.0 Å². The molecule has 4 nitrogen and oxygen atoms in total. The molecular weight excluding hydrogens is 254 g/mol. The molecule has 17 heavy (non-hydrogen) atoms. The van der Waals surface area contributed by atoms with E-state index in [0.717, 1.165) is 15.0 Å². The van der Waals surface area contributed by atoms with Crippen LogP contribution in [0.5, 0.6) is 0 Å². The van der Waals surface area contributed by atoms with Crippen LogP contribution in [-0.2, 0) is 11.8 Å². The number of nitrogens with one attached hydrogen (secondary N) is 1. The standard InChI is InChI=1S/C11H13N3OS2/c1-14-8-5-3-4-6-9(8)17-11(14)13-12-10(15)7-16-2/h3-6H,7H2,1-2H3,(H,12,15). The summed E-state index contributed by atoms with van der Waals surface area (Å²) in [6.45, 7) is 0. The van der Waals surface area contributed by atoms with Crippen molar-refractivity contribution in [1.82, 2.24) is 9.99 Å². The molecule has 0 unspecified atom stereocenters. The van der Waals surface area contributed by atoms with Gasteiger partial charge in [0.1, 0.15) is 0 Å². The number of aromatic nitrogens is 1. The van der Waals surface area contributed by atoms with Crippen molar-refractivity contribution in [3.8, 4) is 0 Å². The molecule has 0 aliphatic heterocycles. The zero-order chi connectivity index (χ0) is 12.3. The molecule has 0 atom stereocenters. The van der Waals surface area contributed by atoms with Gasteiger partial charge in [-0.3, -0.25) is 4.79 Å². The Balaban J connectivity index is 2.32. The van der Waals surface area contributed by atoms with Crippen LogP contribution in [0.25, 0.3) is 10.2 Å². The highest BCUT2D eigenvalue weighted by atomic mass is 32.2. The Bertz CT molecular complexity index is 600. The van der Waals surface area contributed by atoms with Gasteiger partial charge in [-0.15, -0.1) is 5.10 Å². The summed E-state index contributed by atoms with van der Waals surface area (Å²) in [7, 11) is 1.94. The van der Waals surface area contributed by atoms with Crippen LogP contribution in [0.4, 0.5) is 0 Å². The minimum Gasteiger partial charge on any atom is -0.318 e. The zero-order valence-electron chi connectivity index (χ0n) is 9.64. The van der Waals surface area contributed by atoms with Crippen LogP contribution in [0.15, 0.2) is 29.4 Å². The molecule has 1 heterocycles. The lowest BCUT2D eigenvalue weighted by atomic mass is 10.3. The summed E-state index contributed by atoms with van der Waals surface area (Å²) in [5, 5.41) is 4.13. The number of carbonyl (C=O) groups is 1. The number of fused-ring (bicyclic) bond motifs is 1. The molecule has 0 saturated heterocycles. The molecule has 90 valence electrons. The summed E-state index contributed by atoms with van der Waals surface area (Å²) in [6, 6.07) is 8.07. The lowest BCUT2D eigenvalue weighted by Crippen LogP contribution is -2.24. The van der Waals surface area contributed by atoms with Gasteiger partial charge in [0.05, 0.1) is 16.0 Å². The maximum Gasteiger partial charge on any atom is 0.250 e. The Hall–Kier alpha value is -1.27. The minimum absolute atomic E-state index is 0.0741. The van der Waals surface area contributed by atoms with Crippen molar-refractivity contribution in [2.45, 2.75) is 0 Å². The molecular formula is C11H13N3OS2. The number of thiazole rings is 1. The van der Waals surface area contributed by atoms with Gasteiger partial charge < -0.3 is 4.57 Å². The second-order valence-electron chi connectivity index (χ2n) is 3.49. The van der Waals surface area contributed by atoms with Crippen molar-refractivity contribution in [1.29, 1.82) is 0 Å².